The van der Waals surface area contributed by atoms with Gasteiger partial charge in [0.1, 0.15) is 13.1 Å². The van der Waals surface area contributed by atoms with Gasteiger partial charge < -0.3 is 31.3 Å². The molecule has 5 heteroatoms. The molecule has 1 atom stereocenters. The highest BCUT2D eigenvalue weighted by atomic mass is 79.9. The lowest BCUT2D eigenvalue weighted by molar-refractivity contribution is -0.958. The Balaban J connectivity index is 0.00000259. The van der Waals surface area contributed by atoms with Crippen LogP contribution in [0.3, 0.4) is 0 Å². The van der Waals surface area contributed by atoms with E-state index in [0.29, 0.717) is 17.0 Å². The van der Waals surface area contributed by atoms with Gasteiger partial charge in [0.25, 0.3) is 0 Å². The number of piperidine rings is 3. The number of ether oxygens (including phenoxy) is 1. The first kappa shape index (κ1) is 23.7. The molecule has 2 bridgehead atoms. The number of halogens is 1. The van der Waals surface area contributed by atoms with Crippen LogP contribution in [0.4, 0.5) is 0 Å². The average molecular weight is 508 g/mol. The van der Waals surface area contributed by atoms with E-state index in [4.69, 9.17) is 4.74 Å². The molecule has 0 radical (unpaired) electrons. The van der Waals surface area contributed by atoms with E-state index < -0.39 is 11.6 Å². The molecule has 0 amide bonds. The Morgan fingerprint density at radius 2 is 1.33 bits per heavy atom. The van der Waals surface area contributed by atoms with Gasteiger partial charge in [0.15, 0.2) is 6.10 Å². The first-order chi connectivity index (χ1) is 15.6. The number of nitrogens with zero attached hydrogens (tertiary/aromatic N) is 1. The Morgan fingerprint density at radius 1 is 0.848 bits per heavy atom. The van der Waals surface area contributed by atoms with Gasteiger partial charge in [-0.1, -0.05) is 91.0 Å². The van der Waals surface area contributed by atoms with Gasteiger partial charge in [-0.2, -0.15) is 0 Å². The molecule has 3 aliphatic heterocycles. The second-order valence-electron chi connectivity index (χ2n) is 9.34. The topological polar surface area (TPSA) is 46.5 Å². The van der Waals surface area contributed by atoms with Gasteiger partial charge in [-0.25, -0.2) is 4.79 Å². The van der Waals surface area contributed by atoms with E-state index in [9.17, 15) is 9.90 Å². The maximum atomic E-state index is 13.6. The Morgan fingerprint density at radius 3 is 1.85 bits per heavy atom. The van der Waals surface area contributed by atoms with Crippen LogP contribution >= 0.6 is 0 Å². The molecule has 3 aromatic rings. The van der Waals surface area contributed by atoms with Crippen LogP contribution in [0.2, 0.25) is 0 Å². The third-order valence-corrected chi connectivity index (χ3v) is 7.34. The molecule has 3 saturated heterocycles. The number of benzene rings is 3. The summed E-state index contributed by atoms with van der Waals surface area (Å²) in [7, 11) is 0. The zero-order chi connectivity index (χ0) is 22.0. The quantitative estimate of drug-likeness (QED) is 0.403. The summed E-state index contributed by atoms with van der Waals surface area (Å²) in [6.07, 6.45) is 1.94. The van der Waals surface area contributed by atoms with Crippen molar-refractivity contribution in [1.29, 1.82) is 0 Å². The van der Waals surface area contributed by atoms with Crippen LogP contribution in [0.25, 0.3) is 0 Å². The van der Waals surface area contributed by atoms with E-state index in [0.717, 1.165) is 43.5 Å². The van der Waals surface area contributed by atoms with Gasteiger partial charge in [0, 0.05) is 24.3 Å². The van der Waals surface area contributed by atoms with Gasteiger partial charge in [-0.05, 0) is 11.1 Å². The number of rotatable bonds is 6. The van der Waals surface area contributed by atoms with E-state index >= 15 is 0 Å². The van der Waals surface area contributed by atoms with Crippen LogP contribution in [0.15, 0.2) is 91.0 Å². The zero-order valence-electron chi connectivity index (χ0n) is 18.6. The Bertz CT molecular complexity index is 1010. The summed E-state index contributed by atoms with van der Waals surface area (Å²) < 4.78 is 7.11. The molecule has 0 saturated carbocycles. The summed E-state index contributed by atoms with van der Waals surface area (Å²) in [4.78, 5) is 13.6. The summed E-state index contributed by atoms with van der Waals surface area (Å²) in [5.41, 5.74) is 0.568. The van der Waals surface area contributed by atoms with Crippen molar-refractivity contribution >= 4 is 5.97 Å². The van der Waals surface area contributed by atoms with E-state index in [1.807, 2.05) is 42.5 Å². The van der Waals surface area contributed by atoms with E-state index in [2.05, 4.69) is 24.3 Å². The van der Waals surface area contributed by atoms with E-state index in [1.54, 1.807) is 24.3 Å². The second-order valence-corrected chi connectivity index (χ2v) is 9.34. The van der Waals surface area contributed by atoms with Crippen molar-refractivity contribution in [2.24, 2.45) is 5.92 Å². The van der Waals surface area contributed by atoms with Crippen LogP contribution in [0.1, 0.15) is 29.5 Å². The third-order valence-electron chi connectivity index (χ3n) is 7.34. The molecule has 3 heterocycles. The lowest BCUT2D eigenvalue weighted by Gasteiger charge is -2.52. The van der Waals surface area contributed by atoms with Gasteiger partial charge in [-0.15, -0.1) is 0 Å². The molecule has 3 aliphatic rings. The Hall–Kier alpha value is -2.47. The van der Waals surface area contributed by atoms with Crippen LogP contribution in [0.5, 0.6) is 0 Å². The van der Waals surface area contributed by atoms with Crippen molar-refractivity contribution in [1.82, 2.24) is 0 Å². The molecule has 0 aliphatic carbocycles. The first-order valence-electron chi connectivity index (χ1n) is 11.5. The highest BCUT2D eigenvalue weighted by Gasteiger charge is 2.50. The molecule has 0 spiro atoms. The van der Waals surface area contributed by atoms with Gasteiger partial charge >= 0.3 is 5.97 Å². The molecular weight excluding hydrogens is 478 g/mol. The minimum Gasteiger partial charge on any atom is -1.00 e. The minimum atomic E-state index is -1.82. The fourth-order valence-electron chi connectivity index (χ4n) is 5.53. The highest BCUT2D eigenvalue weighted by molar-refractivity contribution is 5.85. The van der Waals surface area contributed by atoms with Gasteiger partial charge in [0.2, 0.25) is 5.60 Å². The molecule has 6 rings (SSSR count). The van der Waals surface area contributed by atoms with Crippen LogP contribution in [-0.4, -0.2) is 41.3 Å². The number of carbonyl (C=O) groups is 1. The summed E-state index contributed by atoms with van der Waals surface area (Å²) in [5, 5.41) is 11.7. The molecule has 3 aromatic carbocycles. The van der Waals surface area contributed by atoms with Gasteiger partial charge in [-0.3, -0.25) is 0 Å². The summed E-state index contributed by atoms with van der Waals surface area (Å²) >= 11 is 0. The lowest BCUT2D eigenvalue weighted by atomic mass is 9.82. The lowest BCUT2D eigenvalue weighted by Crippen LogP contribution is -3.00. The van der Waals surface area contributed by atoms with Crippen molar-refractivity contribution in [3.63, 3.8) is 0 Å². The van der Waals surface area contributed by atoms with Crippen molar-refractivity contribution < 1.29 is 36.1 Å². The zero-order valence-corrected chi connectivity index (χ0v) is 20.2. The number of quaternary nitrogens is 1. The Labute approximate surface area is 206 Å². The number of hydrogen-bond donors (Lipinski definition) is 1. The van der Waals surface area contributed by atoms with Crippen LogP contribution < -0.4 is 17.0 Å². The number of fused-ring (bicyclic) bond motifs is 3. The molecular formula is C28H30BrNO3. The largest absolute Gasteiger partial charge is 1.00 e. The van der Waals surface area contributed by atoms with E-state index in [-0.39, 0.29) is 23.1 Å². The normalized spacial score (nSPS) is 24.0. The van der Waals surface area contributed by atoms with Crippen molar-refractivity contribution in [3.8, 4) is 0 Å². The summed E-state index contributed by atoms with van der Waals surface area (Å²) in [6, 6.07) is 28.8. The predicted octanol–water partition coefficient (Wildman–Crippen LogP) is 1.28. The smallest absolute Gasteiger partial charge is 0.348 e. The van der Waals surface area contributed by atoms with E-state index in [1.165, 1.54) is 5.56 Å². The van der Waals surface area contributed by atoms with Crippen molar-refractivity contribution in [3.05, 3.63) is 108 Å². The molecule has 1 unspecified atom stereocenters. The highest BCUT2D eigenvalue weighted by Crippen LogP contribution is 2.39. The molecule has 4 nitrogen and oxygen atoms in total. The maximum absolute atomic E-state index is 13.6. The number of hydrogen-bond acceptors (Lipinski definition) is 3. The average Bonchev–Trinajstić information content (AvgIpc) is 2.85. The Kier molecular flexibility index (Phi) is 7.03. The molecule has 172 valence electrons. The monoisotopic (exact) mass is 507 g/mol. The molecule has 33 heavy (non-hydrogen) atoms. The van der Waals surface area contributed by atoms with Gasteiger partial charge in [0.05, 0.1) is 13.1 Å². The summed E-state index contributed by atoms with van der Waals surface area (Å²) in [5.74, 6) is -0.211. The fraction of sp³-hybridized carbons (Fsp3) is 0.321. The molecule has 1 N–H and O–H groups in total. The molecule has 0 aromatic heterocycles. The predicted molar refractivity (Wildman–Crippen MR) is 123 cm³/mol. The fourth-order valence-corrected chi connectivity index (χ4v) is 5.53. The van der Waals surface area contributed by atoms with Crippen molar-refractivity contribution in [2.75, 3.05) is 19.6 Å². The number of esters is 1. The van der Waals surface area contributed by atoms with Crippen molar-refractivity contribution in [2.45, 2.75) is 31.1 Å². The summed E-state index contributed by atoms with van der Waals surface area (Å²) in [6.45, 7) is 4.01. The number of carbonyl (C=O) groups excluding carboxylic acids is 1. The second kappa shape index (κ2) is 9.80. The standard InChI is InChI=1S/C28H30NO3.BrH/c30-27(28(31,24-12-6-2-7-13-24)25-14-8-3-9-15-25)32-26-21-29(18-16-23(26)17-19-29)20-22-10-4-1-5-11-22;/h1-15,23,26,31H,16-21H2;1H/q+1;/p-1. The SMILES string of the molecule is O=C(OC1C[N+]2(Cc3ccccc3)CCC1CC2)C(O)(c1ccccc1)c1ccccc1.[Br-]. The van der Waals surface area contributed by atoms with Crippen LogP contribution in [-0.2, 0) is 21.7 Å². The third kappa shape index (κ3) is 4.63. The first-order valence-corrected chi connectivity index (χ1v) is 11.5. The molecule has 3 fully saturated rings. The number of aliphatic hydroxyl groups is 1. The van der Waals surface area contributed by atoms with Crippen LogP contribution in [0, 0.1) is 5.92 Å². The minimum absolute atomic E-state index is 0. The maximum Gasteiger partial charge on any atom is 0.348 e.